The average Bonchev–Trinajstić information content (AvgIpc) is 2.56. The van der Waals surface area contributed by atoms with Crippen LogP contribution in [-0.4, -0.2) is 0 Å². The van der Waals surface area contributed by atoms with Crippen LogP contribution in [0.5, 0.6) is 0 Å². The number of hydrogen-bond acceptors (Lipinski definition) is 1. The van der Waals surface area contributed by atoms with Crippen molar-refractivity contribution < 1.29 is 0 Å². The van der Waals surface area contributed by atoms with Crippen LogP contribution in [0, 0.1) is 11.3 Å². The van der Waals surface area contributed by atoms with Crippen molar-refractivity contribution in [3.05, 3.63) is 70.2 Å². The van der Waals surface area contributed by atoms with Crippen molar-refractivity contribution >= 4 is 11.6 Å². The number of rotatable bonds is 0. The molecular formula is C16H11N. The van der Waals surface area contributed by atoms with Crippen LogP contribution in [0.15, 0.2) is 59.7 Å². The van der Waals surface area contributed by atoms with Gasteiger partial charge in [-0.05, 0) is 34.1 Å². The predicted octanol–water partition coefficient (Wildman–Crippen LogP) is 1.97. The zero-order valence-electron chi connectivity index (χ0n) is 9.35. The first-order chi connectivity index (χ1) is 8.40. The van der Waals surface area contributed by atoms with Gasteiger partial charge in [0.1, 0.15) is 0 Å². The molecule has 0 saturated heterocycles. The minimum atomic E-state index is 0.751. The van der Waals surface area contributed by atoms with Gasteiger partial charge in [0.25, 0.3) is 0 Å². The lowest BCUT2D eigenvalue weighted by Crippen LogP contribution is -2.26. The molecule has 0 radical (unpaired) electrons. The van der Waals surface area contributed by atoms with Crippen LogP contribution in [0.3, 0.4) is 0 Å². The molecule has 0 aromatic heterocycles. The summed E-state index contributed by atoms with van der Waals surface area (Å²) in [6.07, 6.45) is 11.0. The predicted molar refractivity (Wildman–Crippen MR) is 69.1 cm³/mol. The van der Waals surface area contributed by atoms with Gasteiger partial charge in [0.05, 0.1) is 11.6 Å². The third-order valence-corrected chi connectivity index (χ3v) is 3.17. The van der Waals surface area contributed by atoms with Gasteiger partial charge in [-0.1, -0.05) is 48.6 Å². The number of allylic oxidation sites excluding steroid dienone is 6. The average molecular weight is 217 g/mol. The molecule has 0 heterocycles. The number of nitriles is 1. The summed E-state index contributed by atoms with van der Waals surface area (Å²) in [6.45, 7) is 0. The van der Waals surface area contributed by atoms with Gasteiger partial charge in [-0.3, -0.25) is 0 Å². The third-order valence-electron chi connectivity index (χ3n) is 3.17. The van der Waals surface area contributed by atoms with Crippen molar-refractivity contribution in [2.75, 3.05) is 0 Å². The SMILES string of the molecule is N#CC1=CC=c2ccccc2=C2CC=CC=C12. The number of fused-ring (bicyclic) bond motifs is 2. The molecule has 0 bridgehead atoms. The van der Waals surface area contributed by atoms with E-state index in [0.29, 0.717) is 0 Å². The Balaban J connectivity index is 2.45. The maximum Gasteiger partial charge on any atom is 0.0998 e. The highest BCUT2D eigenvalue weighted by Gasteiger charge is 2.14. The molecular weight excluding hydrogens is 206 g/mol. The van der Waals surface area contributed by atoms with Crippen molar-refractivity contribution in [3.63, 3.8) is 0 Å². The number of nitrogens with zero attached hydrogens (tertiary/aromatic N) is 1. The van der Waals surface area contributed by atoms with E-state index in [1.807, 2.05) is 36.4 Å². The molecule has 0 N–H and O–H groups in total. The van der Waals surface area contributed by atoms with Crippen LogP contribution < -0.4 is 10.4 Å². The first kappa shape index (κ1) is 9.86. The normalized spacial score (nSPS) is 16.8. The summed E-state index contributed by atoms with van der Waals surface area (Å²) < 4.78 is 0. The van der Waals surface area contributed by atoms with Crippen molar-refractivity contribution in [2.45, 2.75) is 6.42 Å². The highest BCUT2D eigenvalue weighted by atomic mass is 14.3. The largest absolute Gasteiger partial charge is 0.192 e. The Morgan fingerprint density at radius 2 is 1.94 bits per heavy atom. The molecule has 17 heavy (non-hydrogen) atoms. The molecule has 80 valence electrons. The van der Waals surface area contributed by atoms with E-state index in [-0.39, 0.29) is 0 Å². The van der Waals surface area contributed by atoms with Crippen LogP contribution in [0.1, 0.15) is 6.42 Å². The van der Waals surface area contributed by atoms with E-state index in [0.717, 1.165) is 17.6 Å². The van der Waals surface area contributed by atoms with Gasteiger partial charge in [0, 0.05) is 0 Å². The van der Waals surface area contributed by atoms with Crippen molar-refractivity contribution in [1.29, 1.82) is 5.26 Å². The minimum absolute atomic E-state index is 0.751. The standard InChI is InChI=1S/C16H11N/c17-11-13-10-9-12-5-1-2-6-14(12)16-8-4-3-7-15(13)16/h1-7,9-10H,8H2. The fraction of sp³-hybridized carbons (Fsp3) is 0.0625. The smallest absolute Gasteiger partial charge is 0.0998 e. The molecule has 0 saturated carbocycles. The lowest BCUT2D eigenvalue weighted by Gasteiger charge is -2.11. The molecule has 3 rings (SSSR count). The van der Waals surface area contributed by atoms with Crippen molar-refractivity contribution in [2.24, 2.45) is 0 Å². The molecule has 1 heteroatoms. The molecule has 0 aliphatic heterocycles. The molecule has 1 aromatic rings. The molecule has 0 atom stereocenters. The Labute approximate surface area is 100 Å². The number of benzene rings is 1. The van der Waals surface area contributed by atoms with Crippen LogP contribution >= 0.6 is 0 Å². The highest BCUT2D eigenvalue weighted by molar-refractivity contribution is 5.79. The maximum absolute atomic E-state index is 9.22. The van der Waals surface area contributed by atoms with Crippen LogP contribution in [0.2, 0.25) is 0 Å². The molecule has 1 aromatic carbocycles. The van der Waals surface area contributed by atoms with E-state index in [2.05, 4.69) is 24.3 Å². The van der Waals surface area contributed by atoms with Gasteiger partial charge < -0.3 is 0 Å². The van der Waals surface area contributed by atoms with Crippen molar-refractivity contribution in [3.8, 4) is 6.07 Å². The molecule has 0 amide bonds. The fourth-order valence-electron chi connectivity index (χ4n) is 2.35. The second-order valence-electron chi connectivity index (χ2n) is 4.14. The Bertz CT molecular complexity index is 722. The summed E-state index contributed by atoms with van der Waals surface area (Å²) in [7, 11) is 0. The van der Waals surface area contributed by atoms with E-state index in [1.54, 1.807) is 0 Å². The summed E-state index contributed by atoms with van der Waals surface area (Å²) in [5, 5.41) is 11.6. The van der Waals surface area contributed by atoms with Crippen LogP contribution in [0.4, 0.5) is 0 Å². The van der Waals surface area contributed by atoms with E-state index in [4.69, 9.17) is 0 Å². The van der Waals surface area contributed by atoms with Gasteiger partial charge in [-0.2, -0.15) is 5.26 Å². The minimum Gasteiger partial charge on any atom is -0.192 e. The number of hydrogen-bond donors (Lipinski definition) is 0. The van der Waals surface area contributed by atoms with E-state index < -0.39 is 0 Å². The molecule has 0 spiro atoms. The van der Waals surface area contributed by atoms with Gasteiger partial charge in [0.15, 0.2) is 0 Å². The highest BCUT2D eigenvalue weighted by Crippen LogP contribution is 2.26. The second kappa shape index (κ2) is 3.92. The second-order valence-corrected chi connectivity index (χ2v) is 4.14. The first-order valence-corrected chi connectivity index (χ1v) is 5.68. The summed E-state index contributed by atoms with van der Waals surface area (Å²) >= 11 is 0. The zero-order valence-corrected chi connectivity index (χ0v) is 9.35. The lowest BCUT2D eigenvalue weighted by atomic mass is 9.91. The van der Waals surface area contributed by atoms with Gasteiger partial charge >= 0.3 is 0 Å². The Morgan fingerprint density at radius 1 is 1.06 bits per heavy atom. The van der Waals surface area contributed by atoms with Crippen LogP contribution in [0.25, 0.3) is 11.6 Å². The quantitative estimate of drug-likeness (QED) is 0.651. The summed E-state index contributed by atoms with van der Waals surface area (Å²) in [5.41, 5.74) is 3.07. The lowest BCUT2D eigenvalue weighted by molar-refractivity contribution is 1.30. The monoisotopic (exact) mass is 217 g/mol. The molecule has 2 aliphatic carbocycles. The molecule has 0 unspecified atom stereocenters. The fourth-order valence-corrected chi connectivity index (χ4v) is 2.35. The third kappa shape index (κ3) is 1.55. The summed E-state index contributed by atoms with van der Waals surface area (Å²) in [5.74, 6) is 0. The maximum atomic E-state index is 9.22. The van der Waals surface area contributed by atoms with E-state index in [1.165, 1.54) is 16.0 Å². The van der Waals surface area contributed by atoms with Gasteiger partial charge in [0.2, 0.25) is 0 Å². The molecule has 1 nitrogen and oxygen atoms in total. The first-order valence-electron chi connectivity index (χ1n) is 5.68. The van der Waals surface area contributed by atoms with Gasteiger partial charge in [-0.15, -0.1) is 0 Å². The Kier molecular flexibility index (Phi) is 2.27. The summed E-state index contributed by atoms with van der Waals surface area (Å²) in [6, 6.07) is 10.6. The topological polar surface area (TPSA) is 23.8 Å². The van der Waals surface area contributed by atoms with Gasteiger partial charge in [-0.25, -0.2) is 0 Å². The Hall–Kier alpha value is -2.33. The Morgan fingerprint density at radius 3 is 2.82 bits per heavy atom. The van der Waals surface area contributed by atoms with Crippen molar-refractivity contribution in [1.82, 2.24) is 0 Å². The molecule has 0 fully saturated rings. The zero-order chi connectivity index (χ0) is 11.7. The summed E-state index contributed by atoms with van der Waals surface area (Å²) in [4.78, 5) is 0. The molecule has 2 aliphatic rings. The van der Waals surface area contributed by atoms with E-state index in [9.17, 15) is 5.26 Å². The van der Waals surface area contributed by atoms with Crippen LogP contribution in [-0.2, 0) is 0 Å². The van der Waals surface area contributed by atoms with E-state index >= 15 is 0 Å².